The Morgan fingerprint density at radius 1 is 1.35 bits per heavy atom. The van der Waals surface area contributed by atoms with Gasteiger partial charge in [0.2, 0.25) is 0 Å². The molecule has 0 atom stereocenters. The van der Waals surface area contributed by atoms with Gasteiger partial charge in [-0.3, -0.25) is 10.1 Å². The van der Waals surface area contributed by atoms with Gasteiger partial charge in [0.05, 0.1) is 16.0 Å². The molecule has 0 fully saturated rings. The predicted molar refractivity (Wildman–Crippen MR) is 66.1 cm³/mol. The minimum atomic E-state index is -0.412. The number of benzene rings is 1. The van der Waals surface area contributed by atoms with E-state index in [1.807, 2.05) is 16.8 Å². The molecule has 0 amide bonds. The first-order valence-electron chi connectivity index (χ1n) is 4.91. The van der Waals surface area contributed by atoms with Crippen LogP contribution in [0.4, 0.5) is 5.69 Å². The van der Waals surface area contributed by atoms with Crippen LogP contribution in [0.25, 0.3) is 22.4 Å². The van der Waals surface area contributed by atoms with Crippen LogP contribution in [0.1, 0.15) is 0 Å². The molecule has 2 heterocycles. The summed E-state index contributed by atoms with van der Waals surface area (Å²) < 4.78 is 0. The zero-order valence-corrected chi connectivity index (χ0v) is 9.40. The minimum absolute atomic E-state index is 0.0676. The third-order valence-corrected chi connectivity index (χ3v) is 3.15. The van der Waals surface area contributed by atoms with Gasteiger partial charge in [-0.05, 0) is 17.5 Å². The summed E-state index contributed by atoms with van der Waals surface area (Å²) in [5.41, 5.74) is 2.48. The van der Waals surface area contributed by atoms with E-state index in [0.29, 0.717) is 5.52 Å². The van der Waals surface area contributed by atoms with Crippen LogP contribution >= 0.6 is 11.3 Å². The number of hydrogen-bond acceptors (Lipinski definition) is 4. The van der Waals surface area contributed by atoms with Crippen molar-refractivity contribution in [3.05, 3.63) is 45.1 Å². The maximum atomic E-state index is 10.7. The van der Waals surface area contributed by atoms with Crippen LogP contribution in [0.5, 0.6) is 0 Å². The summed E-state index contributed by atoms with van der Waals surface area (Å²) in [6.07, 6.45) is 0. The van der Waals surface area contributed by atoms with E-state index in [-0.39, 0.29) is 5.69 Å². The van der Waals surface area contributed by atoms with Crippen LogP contribution in [0.2, 0.25) is 0 Å². The second-order valence-electron chi connectivity index (χ2n) is 3.56. The number of thiophene rings is 1. The number of nitro benzene ring substituents is 1. The topological polar surface area (TPSA) is 71.8 Å². The van der Waals surface area contributed by atoms with Gasteiger partial charge >= 0.3 is 0 Å². The molecule has 3 rings (SSSR count). The molecule has 17 heavy (non-hydrogen) atoms. The zero-order chi connectivity index (χ0) is 11.8. The molecule has 1 N–H and O–H groups in total. The number of fused-ring (bicyclic) bond motifs is 1. The van der Waals surface area contributed by atoms with Gasteiger partial charge in [-0.15, -0.1) is 0 Å². The summed E-state index contributed by atoms with van der Waals surface area (Å²) in [6, 6.07) is 6.56. The largest absolute Gasteiger partial charge is 0.338 e. The number of nitro groups is 1. The molecule has 3 aromatic rings. The average molecular weight is 245 g/mol. The first kappa shape index (κ1) is 9.98. The van der Waals surface area contributed by atoms with Crippen molar-refractivity contribution in [1.29, 1.82) is 0 Å². The molecule has 0 bridgehead atoms. The number of rotatable bonds is 2. The lowest BCUT2D eigenvalue weighted by Crippen LogP contribution is -1.86. The molecular formula is C11H7N3O2S. The highest BCUT2D eigenvalue weighted by Crippen LogP contribution is 2.24. The van der Waals surface area contributed by atoms with Crippen LogP contribution in [0.3, 0.4) is 0 Å². The third kappa shape index (κ3) is 1.68. The van der Waals surface area contributed by atoms with E-state index in [0.717, 1.165) is 16.9 Å². The third-order valence-electron chi connectivity index (χ3n) is 2.47. The molecular weight excluding hydrogens is 238 g/mol. The van der Waals surface area contributed by atoms with Crippen molar-refractivity contribution >= 4 is 28.1 Å². The van der Waals surface area contributed by atoms with Crippen molar-refractivity contribution in [2.24, 2.45) is 0 Å². The molecule has 0 aliphatic heterocycles. The summed E-state index contributed by atoms with van der Waals surface area (Å²) in [5.74, 6) is 0.738. The van der Waals surface area contributed by atoms with Crippen LogP contribution in [0, 0.1) is 10.1 Å². The fraction of sp³-hybridized carbons (Fsp3) is 0. The number of H-pyrrole nitrogens is 1. The van der Waals surface area contributed by atoms with E-state index in [1.165, 1.54) is 12.1 Å². The van der Waals surface area contributed by atoms with Crippen molar-refractivity contribution in [3.63, 3.8) is 0 Å². The Labute approximate surface area is 99.9 Å². The highest BCUT2D eigenvalue weighted by molar-refractivity contribution is 7.08. The van der Waals surface area contributed by atoms with Crippen LogP contribution < -0.4 is 0 Å². The number of imidazole rings is 1. The van der Waals surface area contributed by atoms with Crippen molar-refractivity contribution in [1.82, 2.24) is 9.97 Å². The highest BCUT2D eigenvalue weighted by Gasteiger charge is 2.10. The summed E-state index contributed by atoms with van der Waals surface area (Å²) in [5, 5.41) is 14.6. The lowest BCUT2D eigenvalue weighted by atomic mass is 10.3. The van der Waals surface area contributed by atoms with E-state index in [2.05, 4.69) is 9.97 Å². The Balaban J connectivity index is 2.16. The van der Waals surface area contributed by atoms with Crippen LogP contribution in [-0.4, -0.2) is 14.9 Å². The minimum Gasteiger partial charge on any atom is -0.338 e. The Bertz CT molecular complexity index is 688. The van der Waals surface area contributed by atoms with Gasteiger partial charge < -0.3 is 4.98 Å². The average Bonchev–Trinajstić information content (AvgIpc) is 2.96. The van der Waals surface area contributed by atoms with Crippen molar-refractivity contribution in [2.45, 2.75) is 0 Å². The molecule has 0 unspecified atom stereocenters. The first-order chi connectivity index (χ1) is 8.24. The van der Waals surface area contributed by atoms with Gasteiger partial charge in [0, 0.05) is 23.1 Å². The molecule has 0 saturated heterocycles. The molecule has 0 radical (unpaired) electrons. The molecule has 2 aromatic heterocycles. The summed E-state index contributed by atoms with van der Waals surface area (Å²) in [6.45, 7) is 0. The summed E-state index contributed by atoms with van der Waals surface area (Å²) >= 11 is 1.58. The number of aromatic amines is 1. The Hall–Kier alpha value is -2.21. The highest BCUT2D eigenvalue weighted by atomic mass is 32.1. The van der Waals surface area contributed by atoms with Crippen molar-refractivity contribution in [2.75, 3.05) is 0 Å². The summed E-state index contributed by atoms with van der Waals surface area (Å²) in [4.78, 5) is 17.7. The van der Waals surface area contributed by atoms with Gasteiger partial charge in [-0.1, -0.05) is 0 Å². The predicted octanol–water partition coefficient (Wildman–Crippen LogP) is 3.20. The molecule has 0 spiro atoms. The van der Waals surface area contributed by atoms with E-state index in [1.54, 1.807) is 17.4 Å². The van der Waals surface area contributed by atoms with Crippen molar-refractivity contribution in [3.8, 4) is 11.4 Å². The second-order valence-corrected chi connectivity index (χ2v) is 4.34. The molecule has 6 heteroatoms. The number of nitrogens with one attached hydrogen (secondary N) is 1. The zero-order valence-electron chi connectivity index (χ0n) is 8.58. The maximum Gasteiger partial charge on any atom is 0.271 e. The number of nitrogens with zero attached hydrogens (tertiary/aromatic N) is 2. The lowest BCUT2D eigenvalue weighted by molar-refractivity contribution is -0.384. The van der Waals surface area contributed by atoms with Crippen LogP contribution in [0.15, 0.2) is 35.0 Å². The fourth-order valence-corrected chi connectivity index (χ4v) is 2.29. The lowest BCUT2D eigenvalue weighted by Gasteiger charge is -1.89. The molecule has 5 nitrogen and oxygen atoms in total. The molecule has 1 aromatic carbocycles. The van der Waals surface area contributed by atoms with E-state index >= 15 is 0 Å². The SMILES string of the molecule is O=[N+]([O-])c1ccc2nc(-c3ccsc3)[nH]c2c1. The fourth-order valence-electron chi connectivity index (χ4n) is 1.65. The molecule has 0 saturated carbocycles. The molecule has 0 aliphatic rings. The van der Waals surface area contributed by atoms with Gasteiger partial charge in [-0.25, -0.2) is 4.98 Å². The van der Waals surface area contributed by atoms with E-state index in [4.69, 9.17) is 0 Å². The van der Waals surface area contributed by atoms with Crippen LogP contribution in [-0.2, 0) is 0 Å². The smallest absolute Gasteiger partial charge is 0.271 e. The standard InChI is InChI=1S/C11H7N3O2S/c15-14(16)8-1-2-9-10(5-8)13-11(12-9)7-3-4-17-6-7/h1-6H,(H,12,13). The normalized spacial score (nSPS) is 10.8. The van der Waals surface area contributed by atoms with E-state index in [9.17, 15) is 10.1 Å². The first-order valence-corrected chi connectivity index (χ1v) is 5.85. The monoisotopic (exact) mass is 245 g/mol. The number of aromatic nitrogens is 2. The van der Waals surface area contributed by atoms with Gasteiger partial charge in [0.25, 0.3) is 5.69 Å². The van der Waals surface area contributed by atoms with Crippen molar-refractivity contribution < 1.29 is 4.92 Å². The Morgan fingerprint density at radius 3 is 2.94 bits per heavy atom. The molecule has 84 valence electrons. The number of non-ortho nitro benzene ring substituents is 1. The Morgan fingerprint density at radius 2 is 2.24 bits per heavy atom. The van der Waals surface area contributed by atoms with Gasteiger partial charge in [0.15, 0.2) is 0 Å². The van der Waals surface area contributed by atoms with E-state index < -0.39 is 4.92 Å². The van der Waals surface area contributed by atoms with Gasteiger partial charge in [-0.2, -0.15) is 11.3 Å². The summed E-state index contributed by atoms with van der Waals surface area (Å²) in [7, 11) is 0. The maximum absolute atomic E-state index is 10.7. The Kier molecular flexibility index (Phi) is 2.15. The molecule has 0 aliphatic carbocycles. The quantitative estimate of drug-likeness (QED) is 0.556. The van der Waals surface area contributed by atoms with Gasteiger partial charge in [0.1, 0.15) is 5.82 Å². The number of hydrogen-bond donors (Lipinski definition) is 1. The second kappa shape index (κ2) is 3.67.